The number of ether oxygens (including phenoxy) is 1. The average molecular weight is 425 g/mol. The highest BCUT2D eigenvalue weighted by atomic mass is 19.1. The van der Waals surface area contributed by atoms with Crippen molar-refractivity contribution >= 4 is 5.91 Å². The number of halogens is 1. The quantitative estimate of drug-likeness (QED) is 0.714. The predicted molar refractivity (Wildman–Crippen MR) is 121 cm³/mol. The number of benzene rings is 2. The van der Waals surface area contributed by atoms with Crippen LogP contribution in [0.1, 0.15) is 31.2 Å². The van der Waals surface area contributed by atoms with Gasteiger partial charge in [-0.2, -0.15) is 0 Å². The molecule has 0 atom stereocenters. The number of carbonyl (C=O) groups excluding carboxylic acids is 1. The highest BCUT2D eigenvalue weighted by Gasteiger charge is 2.43. The molecule has 0 aliphatic carbocycles. The molecule has 0 radical (unpaired) electrons. The summed E-state index contributed by atoms with van der Waals surface area (Å²) in [5.74, 6) is 0.0436. The molecule has 1 amide bonds. The lowest BCUT2D eigenvalue weighted by molar-refractivity contribution is -0.149. The molecular formula is C26H33FN2O2. The first-order valence-electron chi connectivity index (χ1n) is 11.4. The van der Waals surface area contributed by atoms with E-state index in [0.29, 0.717) is 19.3 Å². The Bertz CT molecular complexity index is 867. The second-order valence-corrected chi connectivity index (χ2v) is 9.22. The van der Waals surface area contributed by atoms with Gasteiger partial charge in [-0.15, -0.1) is 0 Å². The number of nitrogens with zero attached hydrogens (tertiary/aromatic N) is 2. The molecule has 2 saturated heterocycles. The standard InChI is InChI=1S/C26H33FN2O2/c1-28-15-11-24(12-16-28)29(2)25(30)26(13-17-31-18-14-26)19-20-3-5-21(6-4-20)22-7-9-23(27)10-8-22/h3-10,24H,11-19H2,1-2H3. The highest BCUT2D eigenvalue weighted by Crippen LogP contribution is 2.38. The Morgan fingerprint density at radius 1 is 1.03 bits per heavy atom. The normalized spacial score (nSPS) is 19.8. The molecule has 0 bridgehead atoms. The molecule has 2 aromatic carbocycles. The summed E-state index contributed by atoms with van der Waals surface area (Å²) in [5.41, 5.74) is 2.82. The Balaban J connectivity index is 1.51. The number of rotatable bonds is 5. The monoisotopic (exact) mass is 424 g/mol. The number of hydrogen-bond donors (Lipinski definition) is 0. The van der Waals surface area contributed by atoms with Gasteiger partial charge in [0, 0.05) is 26.3 Å². The van der Waals surface area contributed by atoms with Crippen LogP contribution in [0.15, 0.2) is 48.5 Å². The topological polar surface area (TPSA) is 32.8 Å². The summed E-state index contributed by atoms with van der Waals surface area (Å²) in [5, 5.41) is 0. The van der Waals surface area contributed by atoms with Crippen LogP contribution in [0, 0.1) is 11.2 Å². The van der Waals surface area contributed by atoms with Gasteiger partial charge in [0.2, 0.25) is 5.91 Å². The van der Waals surface area contributed by atoms with Crippen molar-refractivity contribution in [3.63, 3.8) is 0 Å². The fourth-order valence-electron chi connectivity index (χ4n) is 5.00. The van der Waals surface area contributed by atoms with Gasteiger partial charge in [0.05, 0.1) is 5.41 Å². The van der Waals surface area contributed by atoms with Crippen LogP contribution < -0.4 is 0 Å². The van der Waals surface area contributed by atoms with Crippen LogP contribution >= 0.6 is 0 Å². The van der Waals surface area contributed by atoms with E-state index in [9.17, 15) is 9.18 Å². The molecule has 2 heterocycles. The molecule has 31 heavy (non-hydrogen) atoms. The van der Waals surface area contributed by atoms with Crippen LogP contribution in [-0.4, -0.2) is 62.1 Å². The lowest BCUT2D eigenvalue weighted by Gasteiger charge is -2.43. The molecule has 0 spiro atoms. The van der Waals surface area contributed by atoms with E-state index < -0.39 is 5.41 Å². The zero-order chi connectivity index (χ0) is 21.8. The number of hydrogen-bond acceptors (Lipinski definition) is 3. The van der Waals surface area contributed by atoms with E-state index >= 15 is 0 Å². The second-order valence-electron chi connectivity index (χ2n) is 9.22. The Labute approximate surface area is 185 Å². The van der Waals surface area contributed by atoms with Gasteiger partial charge in [-0.05, 0) is 81.1 Å². The Kier molecular flexibility index (Phi) is 6.73. The molecule has 2 fully saturated rings. The molecule has 0 saturated carbocycles. The van der Waals surface area contributed by atoms with Gasteiger partial charge in [-0.1, -0.05) is 36.4 Å². The van der Waals surface area contributed by atoms with Crippen LogP contribution in [0.4, 0.5) is 4.39 Å². The third kappa shape index (κ3) is 4.99. The summed E-state index contributed by atoms with van der Waals surface area (Å²) in [4.78, 5) is 18.1. The zero-order valence-electron chi connectivity index (χ0n) is 18.6. The van der Waals surface area contributed by atoms with Gasteiger partial charge in [0.1, 0.15) is 5.82 Å². The summed E-state index contributed by atoms with van der Waals surface area (Å²) < 4.78 is 18.8. The first-order chi connectivity index (χ1) is 15.0. The molecular weight excluding hydrogens is 391 g/mol. The highest BCUT2D eigenvalue weighted by molar-refractivity contribution is 5.83. The van der Waals surface area contributed by atoms with Crippen LogP contribution in [0.5, 0.6) is 0 Å². The molecule has 2 aliphatic heterocycles. The second kappa shape index (κ2) is 9.49. The SMILES string of the molecule is CN1CCC(N(C)C(=O)C2(Cc3ccc(-c4ccc(F)cc4)cc3)CCOCC2)CC1. The van der Waals surface area contributed by atoms with Gasteiger partial charge >= 0.3 is 0 Å². The minimum atomic E-state index is -0.395. The van der Waals surface area contributed by atoms with Gasteiger partial charge < -0.3 is 14.5 Å². The molecule has 0 aromatic heterocycles. The number of piperidine rings is 1. The Morgan fingerprint density at radius 2 is 1.58 bits per heavy atom. The molecule has 4 rings (SSSR count). The maximum atomic E-state index is 13.7. The molecule has 4 nitrogen and oxygen atoms in total. The van der Waals surface area contributed by atoms with Crippen LogP contribution in [0.3, 0.4) is 0 Å². The van der Waals surface area contributed by atoms with Crippen molar-refractivity contribution in [1.29, 1.82) is 0 Å². The summed E-state index contributed by atoms with van der Waals surface area (Å²) in [6.45, 7) is 3.37. The van der Waals surface area contributed by atoms with Gasteiger partial charge in [0.25, 0.3) is 0 Å². The predicted octanol–water partition coefficient (Wildman–Crippen LogP) is 4.38. The smallest absolute Gasteiger partial charge is 0.229 e. The van der Waals surface area contributed by atoms with Crippen molar-refractivity contribution in [3.05, 3.63) is 59.9 Å². The van der Waals surface area contributed by atoms with Crippen molar-refractivity contribution in [2.24, 2.45) is 5.41 Å². The van der Waals surface area contributed by atoms with Crippen molar-refractivity contribution in [2.75, 3.05) is 40.4 Å². The maximum absolute atomic E-state index is 13.7. The summed E-state index contributed by atoms with van der Waals surface area (Å²) >= 11 is 0. The van der Waals surface area contributed by atoms with Crippen LogP contribution in [0.2, 0.25) is 0 Å². The van der Waals surface area contributed by atoms with Gasteiger partial charge in [-0.3, -0.25) is 4.79 Å². The van der Waals surface area contributed by atoms with Crippen LogP contribution in [-0.2, 0) is 16.0 Å². The lowest BCUT2D eigenvalue weighted by Crippen LogP contribution is -2.52. The summed E-state index contributed by atoms with van der Waals surface area (Å²) in [7, 11) is 4.14. The zero-order valence-corrected chi connectivity index (χ0v) is 18.6. The van der Waals surface area contributed by atoms with Gasteiger partial charge in [-0.25, -0.2) is 4.39 Å². The molecule has 0 N–H and O–H groups in total. The van der Waals surface area contributed by atoms with E-state index in [1.807, 2.05) is 11.9 Å². The molecule has 166 valence electrons. The Hall–Kier alpha value is -2.24. The van der Waals surface area contributed by atoms with E-state index in [4.69, 9.17) is 4.74 Å². The van der Waals surface area contributed by atoms with Crippen molar-refractivity contribution in [2.45, 2.75) is 38.1 Å². The lowest BCUT2D eigenvalue weighted by atomic mass is 9.73. The van der Waals surface area contributed by atoms with E-state index in [0.717, 1.165) is 61.9 Å². The van der Waals surface area contributed by atoms with E-state index in [2.05, 4.69) is 36.2 Å². The van der Waals surface area contributed by atoms with Crippen LogP contribution in [0.25, 0.3) is 11.1 Å². The fraction of sp³-hybridized carbons (Fsp3) is 0.500. The fourth-order valence-corrected chi connectivity index (χ4v) is 5.00. The van der Waals surface area contributed by atoms with E-state index in [1.54, 1.807) is 12.1 Å². The summed E-state index contributed by atoms with van der Waals surface area (Å²) in [6, 6.07) is 15.2. The van der Waals surface area contributed by atoms with Crippen molar-refractivity contribution in [1.82, 2.24) is 9.80 Å². The first kappa shape index (κ1) is 22.0. The third-order valence-electron chi connectivity index (χ3n) is 7.13. The first-order valence-corrected chi connectivity index (χ1v) is 11.4. The Morgan fingerprint density at radius 3 is 2.16 bits per heavy atom. The summed E-state index contributed by atoms with van der Waals surface area (Å²) in [6.07, 6.45) is 4.34. The molecule has 2 aromatic rings. The average Bonchev–Trinajstić information content (AvgIpc) is 2.80. The maximum Gasteiger partial charge on any atom is 0.229 e. The minimum absolute atomic E-state index is 0.228. The molecule has 0 unspecified atom stereocenters. The minimum Gasteiger partial charge on any atom is -0.381 e. The number of likely N-dealkylation sites (tertiary alicyclic amines) is 1. The van der Waals surface area contributed by atoms with E-state index in [-0.39, 0.29) is 11.7 Å². The number of amides is 1. The molecule has 2 aliphatic rings. The van der Waals surface area contributed by atoms with Crippen molar-refractivity contribution < 1.29 is 13.9 Å². The van der Waals surface area contributed by atoms with E-state index in [1.165, 1.54) is 12.1 Å². The van der Waals surface area contributed by atoms with Crippen molar-refractivity contribution in [3.8, 4) is 11.1 Å². The van der Waals surface area contributed by atoms with Gasteiger partial charge in [0.15, 0.2) is 0 Å². The molecule has 5 heteroatoms. The third-order valence-corrected chi connectivity index (χ3v) is 7.13. The number of carbonyl (C=O) groups is 1. The largest absolute Gasteiger partial charge is 0.381 e.